The van der Waals surface area contributed by atoms with E-state index in [1.54, 1.807) is 0 Å². The molecule has 8 nitrogen and oxygen atoms in total. The highest BCUT2D eigenvalue weighted by Gasteiger charge is 2.82. The molecule has 7 rings (SSSR count). The van der Waals surface area contributed by atoms with Crippen LogP contribution >= 0.6 is 0 Å². The molecule has 8 heteroatoms. The van der Waals surface area contributed by atoms with Crippen molar-refractivity contribution in [3.63, 3.8) is 0 Å². The SMILES string of the molecule is O=C(N/N=C1\[C@@H]2[C@@H]3/C(=N\NC(=O)Nc4ccccc4)[C@H]4[C@H]5C[C@H]([C@H]14)[C@@H]2[C@H]53)Nc1ccccc1. The predicted molar refractivity (Wildman–Crippen MR) is 125 cm³/mol. The number of fused-ring (bicyclic) bond motifs is 2. The van der Waals surface area contributed by atoms with Crippen molar-refractivity contribution >= 4 is 34.9 Å². The van der Waals surface area contributed by atoms with Gasteiger partial charge in [-0.2, -0.15) is 10.2 Å². The Morgan fingerprint density at radius 3 is 1.48 bits per heavy atom. The fraction of sp³-hybridized carbons (Fsp3) is 0.360. The number of carbonyl (C=O) groups excluding carboxylic acids is 2. The summed E-state index contributed by atoms with van der Waals surface area (Å²) < 4.78 is 0. The fourth-order valence-electron chi connectivity index (χ4n) is 7.75. The van der Waals surface area contributed by atoms with Gasteiger partial charge in [0.2, 0.25) is 0 Å². The first-order valence-electron chi connectivity index (χ1n) is 11.6. The largest absolute Gasteiger partial charge is 0.339 e. The van der Waals surface area contributed by atoms with Crippen molar-refractivity contribution in [1.82, 2.24) is 10.9 Å². The van der Waals surface area contributed by atoms with Crippen molar-refractivity contribution < 1.29 is 9.59 Å². The van der Waals surface area contributed by atoms with E-state index in [0.717, 1.165) is 22.8 Å². The molecule has 166 valence electrons. The second kappa shape index (κ2) is 6.91. The number of hydrogen-bond donors (Lipinski definition) is 4. The standard InChI is InChI=1S/C25H24N6O2/c32-24(26-12-7-3-1-4-8-12)30-28-22-18-14-11-15-17-16(14)20(22)21(17)23(19(15)18)29-31-25(33)27-13-9-5-2-6-10-13/h1-10,14-21H,11H2,(H2,26,30,32)(H2,27,31,33)/b28-22-,29-23-/t14-,15-,16-,17+,18-,19-,20+,21-/m0/s1. The van der Waals surface area contributed by atoms with Crippen LogP contribution in [0.1, 0.15) is 6.42 Å². The van der Waals surface area contributed by atoms with Crippen LogP contribution < -0.4 is 21.5 Å². The fourth-order valence-corrected chi connectivity index (χ4v) is 7.75. The van der Waals surface area contributed by atoms with Gasteiger partial charge in [0.05, 0.1) is 0 Å². The van der Waals surface area contributed by atoms with E-state index < -0.39 is 0 Å². The average molecular weight is 441 g/mol. The molecule has 0 aliphatic heterocycles. The van der Waals surface area contributed by atoms with Crippen molar-refractivity contribution in [3.8, 4) is 0 Å². The maximum atomic E-state index is 12.3. The Balaban J connectivity index is 1.07. The highest BCUT2D eigenvalue weighted by Crippen LogP contribution is 2.80. The molecule has 0 heterocycles. The zero-order chi connectivity index (χ0) is 22.1. The van der Waals surface area contributed by atoms with E-state index >= 15 is 0 Å². The van der Waals surface area contributed by atoms with Gasteiger partial charge < -0.3 is 10.6 Å². The number of hydrazone groups is 2. The maximum absolute atomic E-state index is 12.3. The molecule has 0 saturated heterocycles. The summed E-state index contributed by atoms with van der Waals surface area (Å²) in [7, 11) is 0. The number of nitrogens with zero attached hydrogens (tertiary/aromatic N) is 2. The van der Waals surface area contributed by atoms with Crippen LogP contribution in [0.3, 0.4) is 0 Å². The van der Waals surface area contributed by atoms with E-state index in [1.165, 1.54) is 6.42 Å². The lowest BCUT2D eigenvalue weighted by Crippen LogP contribution is -2.49. The van der Waals surface area contributed by atoms with Crippen LogP contribution in [-0.2, 0) is 0 Å². The van der Waals surface area contributed by atoms with Gasteiger partial charge in [0, 0.05) is 46.5 Å². The summed E-state index contributed by atoms with van der Waals surface area (Å²) in [5, 5.41) is 14.9. The van der Waals surface area contributed by atoms with Gasteiger partial charge in [-0.25, -0.2) is 20.4 Å². The molecule has 8 atom stereocenters. The molecule has 5 fully saturated rings. The molecule has 5 aliphatic carbocycles. The summed E-state index contributed by atoms with van der Waals surface area (Å²) in [4.78, 5) is 24.7. The molecule has 4 amide bonds. The van der Waals surface area contributed by atoms with Crippen LogP contribution in [0.25, 0.3) is 0 Å². The summed E-state index contributed by atoms with van der Waals surface area (Å²) in [6.45, 7) is 0. The van der Waals surface area contributed by atoms with Crippen molar-refractivity contribution in [2.45, 2.75) is 6.42 Å². The molecule has 4 N–H and O–H groups in total. The van der Waals surface area contributed by atoms with Gasteiger partial charge in [-0.3, -0.25) is 0 Å². The lowest BCUT2D eigenvalue weighted by atomic mass is 9.59. The summed E-state index contributed by atoms with van der Waals surface area (Å²) in [6, 6.07) is 18.1. The maximum Gasteiger partial charge on any atom is 0.339 e. The normalized spacial score (nSPS) is 37.9. The molecule has 0 unspecified atom stereocenters. The van der Waals surface area contributed by atoms with Crippen molar-refractivity contribution in [2.24, 2.45) is 57.5 Å². The van der Waals surface area contributed by atoms with Crippen LogP contribution in [0.15, 0.2) is 70.9 Å². The second-order valence-corrected chi connectivity index (χ2v) is 9.76. The Morgan fingerprint density at radius 1 is 0.636 bits per heavy atom. The number of nitrogens with one attached hydrogen (secondary N) is 4. The number of benzene rings is 2. The zero-order valence-corrected chi connectivity index (χ0v) is 17.8. The lowest BCUT2D eigenvalue weighted by Gasteiger charge is -2.44. The van der Waals surface area contributed by atoms with Gasteiger partial charge in [-0.05, 0) is 54.4 Å². The van der Waals surface area contributed by atoms with E-state index in [4.69, 9.17) is 0 Å². The van der Waals surface area contributed by atoms with Gasteiger partial charge in [0.1, 0.15) is 0 Å². The van der Waals surface area contributed by atoms with Crippen LogP contribution in [0.5, 0.6) is 0 Å². The van der Waals surface area contributed by atoms with Crippen molar-refractivity contribution in [1.29, 1.82) is 0 Å². The van der Waals surface area contributed by atoms with Crippen LogP contribution in [-0.4, -0.2) is 23.5 Å². The molecular weight excluding hydrogens is 416 g/mol. The third kappa shape index (κ3) is 2.63. The van der Waals surface area contributed by atoms with Gasteiger partial charge in [-0.1, -0.05) is 36.4 Å². The first kappa shape index (κ1) is 18.8. The smallest absolute Gasteiger partial charge is 0.307 e. The molecule has 0 aromatic heterocycles. The van der Waals surface area contributed by atoms with E-state index in [-0.39, 0.29) is 12.1 Å². The number of amides is 4. The molecule has 0 radical (unpaired) electrons. The molecular formula is C25H24N6O2. The third-order valence-corrected chi connectivity index (χ3v) is 8.51. The molecule has 5 saturated carbocycles. The second-order valence-electron chi connectivity index (χ2n) is 9.76. The van der Waals surface area contributed by atoms with Gasteiger partial charge in [0.25, 0.3) is 0 Å². The Hall–Kier alpha value is -3.68. The number of hydrogen-bond acceptors (Lipinski definition) is 4. The number of urea groups is 2. The van der Waals surface area contributed by atoms with Crippen molar-refractivity contribution in [3.05, 3.63) is 60.7 Å². The van der Waals surface area contributed by atoms with Crippen LogP contribution in [0.4, 0.5) is 21.0 Å². The summed E-state index contributed by atoms with van der Waals surface area (Å²) in [5.41, 5.74) is 9.23. The number of carbonyl (C=O) groups is 2. The molecule has 5 aliphatic rings. The minimum atomic E-state index is -0.319. The first-order chi connectivity index (χ1) is 16.2. The van der Waals surface area contributed by atoms with E-state index in [9.17, 15) is 9.59 Å². The summed E-state index contributed by atoms with van der Waals surface area (Å²) in [6.07, 6.45) is 1.22. The Bertz CT molecular complexity index is 1100. The number of rotatable bonds is 4. The van der Waals surface area contributed by atoms with Gasteiger partial charge >= 0.3 is 12.1 Å². The number of para-hydroxylation sites is 2. The van der Waals surface area contributed by atoms with E-state index in [0.29, 0.717) is 47.3 Å². The predicted octanol–water partition coefficient (Wildman–Crippen LogP) is 3.73. The molecule has 2 aromatic carbocycles. The number of anilines is 2. The monoisotopic (exact) mass is 440 g/mol. The average Bonchev–Trinajstić information content (AvgIpc) is 3.36. The van der Waals surface area contributed by atoms with Gasteiger partial charge in [-0.15, -0.1) is 0 Å². The molecule has 2 bridgehead atoms. The topological polar surface area (TPSA) is 107 Å². The minimum absolute atomic E-state index is 0.319. The Labute approximate surface area is 190 Å². The minimum Gasteiger partial charge on any atom is -0.307 e. The van der Waals surface area contributed by atoms with E-state index in [2.05, 4.69) is 31.7 Å². The van der Waals surface area contributed by atoms with E-state index in [1.807, 2.05) is 60.7 Å². The summed E-state index contributed by atoms with van der Waals surface area (Å²) in [5.74, 6) is 4.02. The first-order valence-corrected chi connectivity index (χ1v) is 11.6. The van der Waals surface area contributed by atoms with Crippen LogP contribution in [0.2, 0.25) is 0 Å². The molecule has 0 spiro atoms. The molecule has 2 aromatic rings. The zero-order valence-electron chi connectivity index (χ0n) is 17.8. The lowest BCUT2D eigenvalue weighted by molar-refractivity contribution is 0.0654. The highest BCUT2D eigenvalue weighted by atomic mass is 16.2. The van der Waals surface area contributed by atoms with Crippen molar-refractivity contribution in [2.75, 3.05) is 10.6 Å². The Morgan fingerprint density at radius 2 is 1.06 bits per heavy atom. The highest BCUT2D eigenvalue weighted by molar-refractivity contribution is 6.11. The van der Waals surface area contributed by atoms with Gasteiger partial charge in [0.15, 0.2) is 0 Å². The quantitative estimate of drug-likeness (QED) is 0.544. The Kier molecular flexibility index (Phi) is 3.95. The molecule has 33 heavy (non-hydrogen) atoms. The van der Waals surface area contributed by atoms with Crippen LogP contribution in [0, 0.1) is 47.3 Å². The summed E-state index contributed by atoms with van der Waals surface area (Å²) >= 11 is 0. The third-order valence-electron chi connectivity index (χ3n) is 8.51.